The number of thiophene rings is 1. The summed E-state index contributed by atoms with van der Waals surface area (Å²) < 4.78 is 5.56. The number of nitrogens with zero attached hydrogens (tertiary/aromatic N) is 1. The highest BCUT2D eigenvalue weighted by Gasteiger charge is 2.06. The minimum absolute atomic E-state index is 0.0923. The average Bonchev–Trinajstić information content (AvgIpc) is 2.96. The fourth-order valence-corrected chi connectivity index (χ4v) is 2.78. The van der Waals surface area contributed by atoms with E-state index in [-0.39, 0.29) is 6.61 Å². The summed E-state index contributed by atoms with van der Waals surface area (Å²) >= 11 is 1.66. The van der Waals surface area contributed by atoms with Crippen molar-refractivity contribution in [3.05, 3.63) is 45.5 Å². The van der Waals surface area contributed by atoms with Crippen LogP contribution in [0, 0.1) is 18.8 Å². The Morgan fingerprint density at radius 1 is 1.26 bits per heavy atom. The van der Waals surface area contributed by atoms with Gasteiger partial charge in [0.25, 0.3) is 0 Å². The van der Waals surface area contributed by atoms with E-state index in [0.717, 1.165) is 29.5 Å². The Bertz CT molecular complexity index is 589. The van der Waals surface area contributed by atoms with Crippen molar-refractivity contribution < 1.29 is 9.52 Å². The lowest BCUT2D eigenvalue weighted by Crippen LogP contribution is -2.15. The summed E-state index contributed by atoms with van der Waals surface area (Å²) in [4.78, 5) is 4.45. The van der Waals surface area contributed by atoms with Gasteiger partial charge in [0.05, 0.1) is 11.4 Å². The lowest BCUT2D eigenvalue weighted by Gasteiger charge is -2.13. The van der Waals surface area contributed by atoms with Crippen molar-refractivity contribution >= 4 is 11.3 Å². The van der Waals surface area contributed by atoms with Gasteiger partial charge in [0.15, 0.2) is 0 Å². The maximum Gasteiger partial charge on any atom is 0.118 e. The van der Waals surface area contributed by atoms with E-state index >= 15 is 0 Å². The molecule has 0 aliphatic rings. The minimum atomic E-state index is -0.0923. The van der Waals surface area contributed by atoms with E-state index in [0.29, 0.717) is 0 Å². The quantitative estimate of drug-likeness (QED) is 0.871. The summed E-state index contributed by atoms with van der Waals surface area (Å²) in [5.74, 6) is 7.51. The normalized spacial score (nSPS) is 10.5. The molecule has 1 N–H and O–H groups in total. The third kappa shape index (κ3) is 4.25. The van der Waals surface area contributed by atoms with E-state index in [4.69, 9.17) is 9.52 Å². The SMILES string of the molecule is Cc1ccc(CN(C)Cc2ccc(C#CCO)s2)o1. The van der Waals surface area contributed by atoms with Gasteiger partial charge in [-0.3, -0.25) is 4.90 Å². The second-order valence-electron chi connectivity index (χ2n) is 4.41. The summed E-state index contributed by atoms with van der Waals surface area (Å²) in [6.45, 7) is 3.52. The maximum absolute atomic E-state index is 8.66. The van der Waals surface area contributed by atoms with E-state index in [1.165, 1.54) is 4.88 Å². The largest absolute Gasteiger partial charge is 0.465 e. The summed E-state index contributed by atoms with van der Waals surface area (Å²) in [5, 5.41) is 8.66. The summed E-state index contributed by atoms with van der Waals surface area (Å²) in [6.07, 6.45) is 0. The Balaban J connectivity index is 1.91. The zero-order valence-electron chi connectivity index (χ0n) is 11.1. The molecule has 2 aromatic rings. The molecule has 2 aromatic heterocycles. The van der Waals surface area contributed by atoms with Crippen LogP contribution >= 0.6 is 11.3 Å². The maximum atomic E-state index is 8.66. The van der Waals surface area contributed by atoms with Gasteiger partial charge in [0.2, 0.25) is 0 Å². The van der Waals surface area contributed by atoms with Crippen LogP contribution in [0.1, 0.15) is 21.3 Å². The molecule has 0 fully saturated rings. The van der Waals surface area contributed by atoms with Crippen molar-refractivity contribution in [2.45, 2.75) is 20.0 Å². The van der Waals surface area contributed by atoms with Crippen LogP contribution in [0.3, 0.4) is 0 Å². The molecule has 0 bridgehead atoms. The molecule has 19 heavy (non-hydrogen) atoms. The predicted molar refractivity (Wildman–Crippen MR) is 76.9 cm³/mol. The number of furan rings is 1. The molecule has 0 aliphatic heterocycles. The summed E-state index contributed by atoms with van der Waals surface area (Å²) in [6, 6.07) is 8.07. The van der Waals surface area contributed by atoms with Crippen molar-refractivity contribution in [1.82, 2.24) is 4.90 Å². The lowest BCUT2D eigenvalue weighted by atomic mass is 10.3. The number of aliphatic hydroxyl groups excluding tert-OH is 1. The molecule has 2 rings (SSSR count). The molecule has 100 valence electrons. The molecule has 0 saturated heterocycles. The first-order valence-electron chi connectivity index (χ1n) is 6.09. The van der Waals surface area contributed by atoms with E-state index in [2.05, 4.69) is 29.9 Å². The van der Waals surface area contributed by atoms with Gasteiger partial charge in [-0.2, -0.15) is 0 Å². The number of rotatable bonds is 4. The lowest BCUT2D eigenvalue weighted by molar-refractivity contribution is 0.287. The number of aliphatic hydroxyl groups is 1. The molecule has 3 nitrogen and oxygen atoms in total. The van der Waals surface area contributed by atoms with Crippen molar-refractivity contribution in [2.75, 3.05) is 13.7 Å². The fourth-order valence-electron chi connectivity index (χ4n) is 1.81. The minimum Gasteiger partial charge on any atom is -0.465 e. The summed E-state index contributed by atoms with van der Waals surface area (Å²) in [7, 11) is 2.07. The van der Waals surface area contributed by atoms with Crippen LogP contribution in [-0.4, -0.2) is 23.7 Å². The monoisotopic (exact) mass is 275 g/mol. The van der Waals surface area contributed by atoms with E-state index < -0.39 is 0 Å². The Kier molecular flexibility index (Phi) is 4.80. The molecule has 0 aliphatic carbocycles. The van der Waals surface area contributed by atoms with Crippen LogP contribution < -0.4 is 0 Å². The first kappa shape index (κ1) is 13.9. The van der Waals surface area contributed by atoms with Gasteiger partial charge >= 0.3 is 0 Å². The van der Waals surface area contributed by atoms with Gasteiger partial charge in [-0.05, 0) is 38.2 Å². The van der Waals surface area contributed by atoms with Gasteiger partial charge < -0.3 is 9.52 Å². The molecule has 4 heteroatoms. The van der Waals surface area contributed by atoms with Crippen LogP contribution in [0.5, 0.6) is 0 Å². The van der Waals surface area contributed by atoms with Gasteiger partial charge in [-0.15, -0.1) is 11.3 Å². The van der Waals surface area contributed by atoms with Crippen molar-refractivity contribution in [1.29, 1.82) is 0 Å². The fraction of sp³-hybridized carbons (Fsp3) is 0.333. The molecule has 0 aromatic carbocycles. The first-order chi connectivity index (χ1) is 9.17. The average molecular weight is 275 g/mol. The number of hydrogen-bond acceptors (Lipinski definition) is 4. The van der Waals surface area contributed by atoms with E-state index in [1.807, 2.05) is 25.1 Å². The molecular formula is C15H17NO2S. The predicted octanol–water partition coefficient (Wildman–Crippen LogP) is 2.63. The van der Waals surface area contributed by atoms with Crippen LogP contribution in [0.25, 0.3) is 0 Å². The van der Waals surface area contributed by atoms with Crippen LogP contribution in [-0.2, 0) is 13.1 Å². The topological polar surface area (TPSA) is 36.6 Å². The Morgan fingerprint density at radius 2 is 2.11 bits per heavy atom. The van der Waals surface area contributed by atoms with Crippen molar-refractivity contribution in [3.63, 3.8) is 0 Å². The van der Waals surface area contributed by atoms with Crippen LogP contribution in [0.2, 0.25) is 0 Å². The standard InChI is InChI=1S/C15H17NO2S/c1-12-5-6-13(18-12)10-16(2)11-15-8-7-14(19-15)4-3-9-17/h5-8,17H,9-11H2,1-2H3. The van der Waals surface area contributed by atoms with E-state index in [1.54, 1.807) is 11.3 Å². The second kappa shape index (κ2) is 6.58. The molecule has 0 saturated carbocycles. The smallest absolute Gasteiger partial charge is 0.118 e. The molecule has 0 atom stereocenters. The molecular weight excluding hydrogens is 258 g/mol. The van der Waals surface area contributed by atoms with Crippen LogP contribution in [0.4, 0.5) is 0 Å². The van der Waals surface area contributed by atoms with Gasteiger partial charge in [0, 0.05) is 11.4 Å². The first-order valence-corrected chi connectivity index (χ1v) is 6.91. The molecule has 0 spiro atoms. The Morgan fingerprint density at radius 3 is 2.79 bits per heavy atom. The third-order valence-electron chi connectivity index (χ3n) is 2.60. The van der Waals surface area contributed by atoms with Crippen molar-refractivity contribution in [2.24, 2.45) is 0 Å². The summed E-state index contributed by atoms with van der Waals surface area (Å²) in [5.41, 5.74) is 0. The molecule has 0 radical (unpaired) electrons. The Hall–Kier alpha value is -1.54. The second-order valence-corrected chi connectivity index (χ2v) is 5.58. The highest BCUT2D eigenvalue weighted by molar-refractivity contribution is 7.12. The molecule has 2 heterocycles. The number of aryl methyl sites for hydroxylation is 1. The van der Waals surface area contributed by atoms with E-state index in [9.17, 15) is 0 Å². The molecule has 0 amide bonds. The van der Waals surface area contributed by atoms with Gasteiger partial charge in [0.1, 0.15) is 18.1 Å². The highest BCUT2D eigenvalue weighted by atomic mass is 32.1. The number of hydrogen-bond donors (Lipinski definition) is 1. The zero-order chi connectivity index (χ0) is 13.7. The zero-order valence-corrected chi connectivity index (χ0v) is 12.0. The highest BCUT2D eigenvalue weighted by Crippen LogP contribution is 2.18. The molecule has 0 unspecified atom stereocenters. The van der Waals surface area contributed by atoms with Crippen LogP contribution in [0.15, 0.2) is 28.7 Å². The third-order valence-corrected chi connectivity index (χ3v) is 3.59. The van der Waals surface area contributed by atoms with Crippen molar-refractivity contribution in [3.8, 4) is 11.8 Å². The van der Waals surface area contributed by atoms with Gasteiger partial charge in [-0.25, -0.2) is 0 Å². The van der Waals surface area contributed by atoms with Gasteiger partial charge in [-0.1, -0.05) is 11.8 Å². The Labute approximate surface area is 117 Å².